The van der Waals surface area contributed by atoms with Gasteiger partial charge < -0.3 is 5.32 Å². The van der Waals surface area contributed by atoms with E-state index in [9.17, 15) is 0 Å². The van der Waals surface area contributed by atoms with Gasteiger partial charge in [0.25, 0.3) is 0 Å². The third-order valence-corrected chi connectivity index (χ3v) is 3.36. The summed E-state index contributed by atoms with van der Waals surface area (Å²) in [5.41, 5.74) is 1.77. The summed E-state index contributed by atoms with van der Waals surface area (Å²) in [5.74, 6) is 0. The van der Waals surface area contributed by atoms with Crippen LogP contribution in [0.5, 0.6) is 0 Å². The fourth-order valence-electron chi connectivity index (χ4n) is 2.41. The Morgan fingerprint density at radius 1 is 1.40 bits per heavy atom. The van der Waals surface area contributed by atoms with Crippen molar-refractivity contribution in [1.82, 2.24) is 5.32 Å². The van der Waals surface area contributed by atoms with E-state index in [1.165, 1.54) is 12.0 Å². The number of nitrogens with one attached hydrogen (secondary N) is 1. The molecule has 15 heavy (non-hydrogen) atoms. The van der Waals surface area contributed by atoms with Gasteiger partial charge in [-0.15, -0.1) is 11.6 Å². The van der Waals surface area contributed by atoms with Gasteiger partial charge in [-0.1, -0.05) is 25.5 Å². The fourth-order valence-corrected chi connectivity index (χ4v) is 3.04. The molecular formula is C13H24ClN. The Hall–Kier alpha value is -0.0100. The highest BCUT2D eigenvalue weighted by atomic mass is 35.5. The normalized spacial score (nSPS) is 29.9. The molecule has 0 aliphatic heterocycles. The van der Waals surface area contributed by atoms with Gasteiger partial charge in [0, 0.05) is 18.0 Å². The molecule has 0 amide bonds. The highest BCUT2D eigenvalue weighted by molar-refractivity contribution is 6.20. The summed E-state index contributed by atoms with van der Waals surface area (Å²) in [6.45, 7) is 9.88. The molecule has 1 nitrogen and oxygen atoms in total. The Morgan fingerprint density at radius 2 is 2.07 bits per heavy atom. The van der Waals surface area contributed by atoms with E-state index in [0.29, 0.717) is 16.8 Å². The van der Waals surface area contributed by atoms with E-state index in [1.54, 1.807) is 0 Å². The minimum absolute atomic E-state index is 0.345. The molecule has 0 saturated heterocycles. The molecule has 0 radical (unpaired) electrons. The molecule has 1 N–H and O–H groups in total. The molecule has 1 rings (SSSR count). The lowest BCUT2D eigenvalue weighted by Gasteiger charge is -2.38. The average molecular weight is 230 g/mol. The zero-order chi connectivity index (χ0) is 11.5. The van der Waals surface area contributed by atoms with Crippen LogP contribution in [-0.2, 0) is 0 Å². The van der Waals surface area contributed by atoms with Crippen LogP contribution in [0.25, 0.3) is 0 Å². The third-order valence-electron chi connectivity index (χ3n) is 3.03. The smallest absolute Gasteiger partial charge is 0.0356 e. The van der Waals surface area contributed by atoms with E-state index in [2.05, 4.69) is 39.1 Å². The lowest BCUT2D eigenvalue weighted by atomic mass is 9.75. The lowest BCUT2D eigenvalue weighted by molar-refractivity contribution is 0.205. The predicted octanol–water partition coefficient (Wildman–Crippen LogP) is 3.73. The minimum atomic E-state index is 0.345. The summed E-state index contributed by atoms with van der Waals surface area (Å²) in [5, 5.41) is 3.92. The van der Waals surface area contributed by atoms with Crippen LogP contribution in [0, 0.1) is 5.41 Å². The van der Waals surface area contributed by atoms with Gasteiger partial charge >= 0.3 is 0 Å². The van der Waals surface area contributed by atoms with Crippen molar-refractivity contribution < 1.29 is 0 Å². The van der Waals surface area contributed by atoms with Crippen LogP contribution in [0.4, 0.5) is 0 Å². The Kier molecular flexibility index (Phi) is 4.66. The Labute approximate surface area is 99.3 Å². The number of rotatable bonds is 3. The predicted molar refractivity (Wildman–Crippen MR) is 68.5 cm³/mol. The van der Waals surface area contributed by atoms with Gasteiger partial charge in [0.1, 0.15) is 0 Å². The monoisotopic (exact) mass is 229 g/mol. The zero-order valence-electron chi connectivity index (χ0n) is 10.4. The summed E-state index contributed by atoms with van der Waals surface area (Å²) in [6.07, 6.45) is 5.74. The summed E-state index contributed by atoms with van der Waals surface area (Å²) >= 11 is 6.28. The second kappa shape index (κ2) is 5.36. The minimum Gasteiger partial charge on any atom is -0.310 e. The van der Waals surface area contributed by atoms with Gasteiger partial charge in [0.05, 0.1) is 0 Å². The van der Waals surface area contributed by atoms with Gasteiger partial charge in [-0.3, -0.25) is 0 Å². The second-order valence-electron chi connectivity index (χ2n) is 5.79. The standard InChI is InChI=1S/C13H24ClN/c1-10(2)5-6-15-12-7-11(14)8-13(3,4)9-12/h5,11-12,15H,6-9H2,1-4H3. The van der Waals surface area contributed by atoms with E-state index >= 15 is 0 Å². The number of allylic oxidation sites excluding steroid dienone is 1. The largest absolute Gasteiger partial charge is 0.310 e. The molecule has 1 aliphatic rings. The maximum atomic E-state index is 6.28. The van der Waals surface area contributed by atoms with Crippen LogP contribution in [0.2, 0.25) is 0 Å². The molecule has 1 fully saturated rings. The van der Waals surface area contributed by atoms with Gasteiger partial charge in [-0.05, 0) is 38.5 Å². The van der Waals surface area contributed by atoms with Crippen LogP contribution < -0.4 is 5.32 Å². The molecule has 2 unspecified atom stereocenters. The Balaban J connectivity index is 2.39. The van der Waals surface area contributed by atoms with Crippen molar-refractivity contribution in [2.24, 2.45) is 5.41 Å². The van der Waals surface area contributed by atoms with Gasteiger partial charge in [-0.2, -0.15) is 0 Å². The van der Waals surface area contributed by atoms with E-state index in [-0.39, 0.29) is 0 Å². The van der Waals surface area contributed by atoms with Gasteiger partial charge in [-0.25, -0.2) is 0 Å². The summed E-state index contributed by atoms with van der Waals surface area (Å²) in [6, 6.07) is 0.590. The topological polar surface area (TPSA) is 12.0 Å². The van der Waals surface area contributed by atoms with Crippen molar-refractivity contribution in [2.75, 3.05) is 6.54 Å². The molecule has 0 bridgehead atoms. The highest BCUT2D eigenvalue weighted by Crippen LogP contribution is 2.37. The van der Waals surface area contributed by atoms with E-state index in [4.69, 9.17) is 11.6 Å². The van der Waals surface area contributed by atoms with Crippen LogP contribution in [-0.4, -0.2) is 18.0 Å². The zero-order valence-corrected chi connectivity index (χ0v) is 11.2. The number of hydrogen-bond acceptors (Lipinski definition) is 1. The van der Waals surface area contributed by atoms with E-state index < -0.39 is 0 Å². The lowest BCUT2D eigenvalue weighted by Crippen LogP contribution is -2.41. The summed E-state index contributed by atoms with van der Waals surface area (Å²) in [7, 11) is 0. The first kappa shape index (κ1) is 13.1. The maximum Gasteiger partial charge on any atom is 0.0356 e. The fraction of sp³-hybridized carbons (Fsp3) is 0.846. The number of halogens is 1. The molecule has 1 aliphatic carbocycles. The number of alkyl halides is 1. The highest BCUT2D eigenvalue weighted by Gasteiger charge is 2.32. The van der Waals surface area contributed by atoms with E-state index in [1.807, 2.05) is 0 Å². The summed E-state index contributed by atoms with van der Waals surface area (Å²) < 4.78 is 0. The molecule has 2 atom stereocenters. The van der Waals surface area contributed by atoms with Crippen molar-refractivity contribution in [3.05, 3.63) is 11.6 Å². The quantitative estimate of drug-likeness (QED) is 0.575. The van der Waals surface area contributed by atoms with Gasteiger partial charge in [0.15, 0.2) is 0 Å². The first-order valence-corrected chi connectivity index (χ1v) is 6.33. The van der Waals surface area contributed by atoms with Crippen LogP contribution in [0.3, 0.4) is 0 Å². The van der Waals surface area contributed by atoms with E-state index in [0.717, 1.165) is 19.4 Å². The first-order valence-electron chi connectivity index (χ1n) is 5.90. The molecule has 88 valence electrons. The molecule has 0 aromatic carbocycles. The third kappa shape index (κ3) is 5.03. The molecule has 1 saturated carbocycles. The average Bonchev–Trinajstić information content (AvgIpc) is 1.98. The molecule has 0 aromatic heterocycles. The molecular weight excluding hydrogens is 206 g/mol. The molecule has 2 heteroatoms. The van der Waals surface area contributed by atoms with Crippen molar-refractivity contribution in [3.63, 3.8) is 0 Å². The summed E-state index contributed by atoms with van der Waals surface area (Å²) in [4.78, 5) is 0. The van der Waals surface area contributed by atoms with Crippen molar-refractivity contribution in [3.8, 4) is 0 Å². The van der Waals surface area contributed by atoms with Crippen molar-refractivity contribution >= 4 is 11.6 Å². The first-order chi connectivity index (χ1) is 6.89. The molecule has 0 aromatic rings. The van der Waals surface area contributed by atoms with Crippen molar-refractivity contribution in [1.29, 1.82) is 0 Å². The Bertz CT molecular complexity index is 229. The van der Waals surface area contributed by atoms with Gasteiger partial charge in [0.2, 0.25) is 0 Å². The molecule has 0 spiro atoms. The van der Waals surface area contributed by atoms with Crippen molar-refractivity contribution in [2.45, 2.75) is 58.4 Å². The Morgan fingerprint density at radius 3 is 2.60 bits per heavy atom. The van der Waals surface area contributed by atoms with Crippen LogP contribution in [0.15, 0.2) is 11.6 Å². The number of hydrogen-bond donors (Lipinski definition) is 1. The van der Waals surface area contributed by atoms with Crippen LogP contribution >= 0.6 is 11.6 Å². The maximum absolute atomic E-state index is 6.28. The second-order valence-corrected chi connectivity index (χ2v) is 6.41. The SMILES string of the molecule is CC(C)=CCNC1CC(Cl)CC(C)(C)C1. The molecule has 0 heterocycles. The van der Waals surface area contributed by atoms with Crippen LogP contribution in [0.1, 0.15) is 47.0 Å².